The van der Waals surface area contributed by atoms with Crippen LogP contribution in [0.3, 0.4) is 0 Å². The Bertz CT molecular complexity index is 262. The average molecular weight is 217 g/mol. The Morgan fingerprint density at radius 2 is 2.27 bits per heavy atom. The van der Waals surface area contributed by atoms with E-state index in [4.69, 9.17) is 0 Å². The fourth-order valence-electron chi connectivity index (χ4n) is 0.757. The molecular formula is C8H6BrFO. The van der Waals surface area contributed by atoms with Crippen LogP contribution in [0.25, 0.3) is 0 Å². The van der Waals surface area contributed by atoms with Gasteiger partial charge in [0, 0.05) is 4.47 Å². The quantitative estimate of drug-likeness (QED) is 0.696. The van der Waals surface area contributed by atoms with Crippen molar-refractivity contribution in [2.24, 2.45) is 0 Å². The van der Waals surface area contributed by atoms with Gasteiger partial charge in [-0.05, 0) is 17.7 Å². The fraction of sp³-hybridized carbons (Fsp3) is 0.125. The van der Waals surface area contributed by atoms with Gasteiger partial charge < -0.3 is 0 Å². The zero-order chi connectivity index (χ0) is 8.27. The van der Waals surface area contributed by atoms with Gasteiger partial charge in [0.1, 0.15) is 0 Å². The average Bonchev–Trinajstić information content (AvgIpc) is 2.03. The van der Waals surface area contributed by atoms with Gasteiger partial charge in [0.15, 0.2) is 12.5 Å². The lowest BCUT2D eigenvalue weighted by atomic mass is 10.1. The van der Waals surface area contributed by atoms with E-state index >= 15 is 0 Å². The summed E-state index contributed by atoms with van der Waals surface area (Å²) in [5.74, 6) is 0. The Kier molecular flexibility index (Phi) is 2.76. The van der Waals surface area contributed by atoms with E-state index in [1.54, 1.807) is 24.3 Å². The molecule has 0 radical (unpaired) electrons. The number of benzene rings is 1. The van der Waals surface area contributed by atoms with E-state index in [1.165, 1.54) is 0 Å². The smallest absolute Gasteiger partial charge is 0.180 e. The normalized spacial score (nSPS) is 12.5. The van der Waals surface area contributed by atoms with Crippen molar-refractivity contribution in [2.45, 2.75) is 6.17 Å². The molecule has 0 saturated carbocycles. The summed E-state index contributed by atoms with van der Waals surface area (Å²) in [6.07, 6.45) is -1.23. The highest BCUT2D eigenvalue weighted by atomic mass is 79.9. The standard InChI is InChI=1S/C8H6BrFO/c9-7-3-1-2-6(4-7)8(10)5-11/h1-5,8H. The molecule has 1 aromatic carbocycles. The lowest BCUT2D eigenvalue weighted by Crippen LogP contribution is -1.91. The highest BCUT2D eigenvalue weighted by Crippen LogP contribution is 2.18. The van der Waals surface area contributed by atoms with Crippen molar-refractivity contribution in [1.82, 2.24) is 0 Å². The van der Waals surface area contributed by atoms with Gasteiger partial charge in [-0.3, -0.25) is 4.79 Å². The minimum absolute atomic E-state index is 0.280. The molecule has 58 valence electrons. The van der Waals surface area contributed by atoms with E-state index in [9.17, 15) is 9.18 Å². The van der Waals surface area contributed by atoms with Crippen LogP contribution in [0.4, 0.5) is 4.39 Å². The molecule has 0 amide bonds. The van der Waals surface area contributed by atoms with E-state index in [-0.39, 0.29) is 6.29 Å². The third kappa shape index (κ3) is 2.12. The molecule has 0 aliphatic carbocycles. The van der Waals surface area contributed by atoms with Gasteiger partial charge in [-0.2, -0.15) is 0 Å². The minimum atomic E-state index is -1.51. The molecule has 1 nitrogen and oxygen atoms in total. The van der Waals surface area contributed by atoms with Gasteiger partial charge in [0.25, 0.3) is 0 Å². The van der Waals surface area contributed by atoms with Gasteiger partial charge in [-0.25, -0.2) is 4.39 Å². The van der Waals surface area contributed by atoms with E-state index in [1.807, 2.05) is 0 Å². The van der Waals surface area contributed by atoms with Gasteiger partial charge in [0.05, 0.1) is 0 Å². The van der Waals surface area contributed by atoms with Gasteiger partial charge in [-0.1, -0.05) is 28.1 Å². The SMILES string of the molecule is O=CC(F)c1cccc(Br)c1. The van der Waals surface area contributed by atoms with Crippen molar-refractivity contribution in [1.29, 1.82) is 0 Å². The maximum atomic E-state index is 12.7. The molecular weight excluding hydrogens is 211 g/mol. The first-order chi connectivity index (χ1) is 5.24. The zero-order valence-corrected chi connectivity index (χ0v) is 7.21. The van der Waals surface area contributed by atoms with Gasteiger partial charge in [-0.15, -0.1) is 0 Å². The van der Waals surface area contributed by atoms with Gasteiger partial charge >= 0.3 is 0 Å². The van der Waals surface area contributed by atoms with Crippen molar-refractivity contribution in [3.63, 3.8) is 0 Å². The molecule has 1 aromatic rings. The minimum Gasteiger partial charge on any atom is -0.300 e. The molecule has 0 spiro atoms. The number of halogens is 2. The van der Waals surface area contributed by atoms with Crippen LogP contribution in [-0.4, -0.2) is 6.29 Å². The molecule has 0 aliphatic heterocycles. The summed E-state index contributed by atoms with van der Waals surface area (Å²) in [6, 6.07) is 6.62. The fourth-order valence-corrected chi connectivity index (χ4v) is 1.17. The van der Waals surface area contributed by atoms with Crippen LogP contribution in [0.2, 0.25) is 0 Å². The third-order valence-corrected chi connectivity index (χ3v) is 1.78. The molecule has 0 heterocycles. The van der Waals surface area contributed by atoms with Gasteiger partial charge in [0.2, 0.25) is 0 Å². The van der Waals surface area contributed by atoms with Crippen LogP contribution >= 0.6 is 15.9 Å². The molecule has 11 heavy (non-hydrogen) atoms. The summed E-state index contributed by atoms with van der Waals surface area (Å²) >= 11 is 3.18. The first-order valence-corrected chi connectivity index (χ1v) is 3.88. The summed E-state index contributed by atoms with van der Waals surface area (Å²) in [5, 5.41) is 0. The zero-order valence-electron chi connectivity index (χ0n) is 5.63. The predicted molar refractivity (Wildman–Crippen MR) is 44.1 cm³/mol. The van der Waals surface area contributed by atoms with Crippen LogP contribution in [0, 0.1) is 0 Å². The van der Waals surface area contributed by atoms with Crippen LogP contribution in [-0.2, 0) is 4.79 Å². The monoisotopic (exact) mass is 216 g/mol. The van der Waals surface area contributed by atoms with Crippen molar-refractivity contribution < 1.29 is 9.18 Å². The van der Waals surface area contributed by atoms with Crippen molar-refractivity contribution in [3.05, 3.63) is 34.3 Å². The number of hydrogen-bond donors (Lipinski definition) is 0. The molecule has 0 N–H and O–H groups in total. The summed E-state index contributed by atoms with van der Waals surface area (Å²) < 4.78 is 13.4. The summed E-state index contributed by atoms with van der Waals surface area (Å²) in [4.78, 5) is 10.0. The summed E-state index contributed by atoms with van der Waals surface area (Å²) in [7, 11) is 0. The van der Waals surface area contributed by atoms with Crippen molar-refractivity contribution in [3.8, 4) is 0 Å². The topological polar surface area (TPSA) is 17.1 Å². The van der Waals surface area contributed by atoms with E-state index in [0.717, 1.165) is 4.47 Å². The number of carbonyl (C=O) groups is 1. The molecule has 0 aromatic heterocycles. The first kappa shape index (κ1) is 8.40. The second-order valence-electron chi connectivity index (χ2n) is 2.09. The van der Waals surface area contributed by atoms with E-state index in [2.05, 4.69) is 15.9 Å². The maximum Gasteiger partial charge on any atom is 0.180 e. The summed E-state index contributed by atoms with van der Waals surface area (Å²) in [6.45, 7) is 0. The molecule has 0 fully saturated rings. The Morgan fingerprint density at radius 1 is 1.55 bits per heavy atom. The highest BCUT2D eigenvalue weighted by Gasteiger charge is 2.06. The molecule has 1 atom stereocenters. The Balaban J connectivity index is 2.95. The molecule has 0 bridgehead atoms. The van der Waals surface area contributed by atoms with Crippen molar-refractivity contribution in [2.75, 3.05) is 0 Å². The second kappa shape index (κ2) is 3.62. The lowest BCUT2D eigenvalue weighted by molar-refractivity contribution is -0.112. The molecule has 1 unspecified atom stereocenters. The van der Waals surface area contributed by atoms with Crippen LogP contribution < -0.4 is 0 Å². The van der Waals surface area contributed by atoms with Crippen LogP contribution in [0.15, 0.2) is 28.7 Å². The number of hydrogen-bond acceptors (Lipinski definition) is 1. The van der Waals surface area contributed by atoms with Crippen LogP contribution in [0.1, 0.15) is 11.7 Å². The second-order valence-corrected chi connectivity index (χ2v) is 3.01. The molecule has 1 rings (SSSR count). The number of aldehydes is 1. The maximum absolute atomic E-state index is 12.7. The number of alkyl halides is 1. The third-order valence-electron chi connectivity index (χ3n) is 1.29. The Hall–Kier alpha value is -0.700. The van der Waals surface area contributed by atoms with E-state index < -0.39 is 6.17 Å². The summed E-state index contributed by atoms with van der Waals surface area (Å²) in [5.41, 5.74) is 0.384. The Morgan fingerprint density at radius 3 is 2.82 bits per heavy atom. The molecule has 0 aliphatic rings. The number of rotatable bonds is 2. The number of carbonyl (C=O) groups excluding carboxylic acids is 1. The largest absolute Gasteiger partial charge is 0.300 e. The van der Waals surface area contributed by atoms with Crippen molar-refractivity contribution >= 4 is 22.2 Å². The lowest BCUT2D eigenvalue weighted by Gasteiger charge is -1.99. The predicted octanol–water partition coefficient (Wildman–Crippen LogP) is 2.66. The first-order valence-electron chi connectivity index (χ1n) is 3.09. The Labute approximate surface area is 72.4 Å². The van der Waals surface area contributed by atoms with Crippen LogP contribution in [0.5, 0.6) is 0 Å². The molecule has 0 saturated heterocycles. The molecule has 3 heteroatoms. The highest BCUT2D eigenvalue weighted by molar-refractivity contribution is 9.10. The van der Waals surface area contributed by atoms with E-state index in [0.29, 0.717) is 5.56 Å².